The first kappa shape index (κ1) is 19.9. The van der Waals surface area contributed by atoms with Crippen LogP contribution in [0.4, 0.5) is 7.26 Å². The second-order valence-corrected chi connectivity index (χ2v) is 15.1. The molecule has 0 spiro atoms. The summed E-state index contributed by atoms with van der Waals surface area (Å²) in [5, 5.41) is 0. The summed E-state index contributed by atoms with van der Waals surface area (Å²) in [6, 6.07) is 24.3. The summed E-state index contributed by atoms with van der Waals surface area (Å²) in [7, 11) is 3.73. The van der Waals surface area contributed by atoms with Gasteiger partial charge in [0.25, 0.3) is 0 Å². The second-order valence-electron chi connectivity index (χ2n) is 5.72. The summed E-state index contributed by atoms with van der Waals surface area (Å²) in [5.74, 6) is -0.455. The molecule has 3 rings (SSSR count). The molecule has 3 aromatic rings. The van der Waals surface area contributed by atoms with Crippen LogP contribution in [-0.2, 0) is 0 Å². The third kappa shape index (κ3) is 5.06. The molecule has 0 N–H and O–H groups in total. The second kappa shape index (κ2) is 9.36. The Morgan fingerprint density at radius 2 is 1.08 bits per heavy atom. The normalized spacial score (nSPS) is 11.0. The molecule has 25 heavy (non-hydrogen) atoms. The minimum absolute atomic E-state index is 0.240. The van der Waals surface area contributed by atoms with Gasteiger partial charge in [0.05, 0.1) is 0 Å². The van der Waals surface area contributed by atoms with Gasteiger partial charge in [-0.15, -0.1) is 0 Å². The quantitative estimate of drug-likeness (QED) is 0.461. The molecule has 3 aromatic carbocycles. The van der Waals surface area contributed by atoms with Crippen molar-refractivity contribution in [2.75, 3.05) is 14.1 Å². The molecule has 0 radical (unpaired) electrons. The first-order valence-corrected chi connectivity index (χ1v) is 13.6. The van der Waals surface area contributed by atoms with Crippen LogP contribution in [0.25, 0.3) is 0 Å². The van der Waals surface area contributed by atoms with Crippen molar-refractivity contribution in [3.63, 3.8) is 0 Å². The molecule has 130 valence electrons. The van der Waals surface area contributed by atoms with Gasteiger partial charge in [0.1, 0.15) is 0 Å². The number of hydrogen-bond acceptors (Lipinski definition) is 2. The van der Waals surface area contributed by atoms with Crippen LogP contribution in [-0.4, -0.2) is 37.3 Å². The number of rotatable bonds is 3. The van der Waals surface area contributed by atoms with E-state index in [0.29, 0.717) is 7.16 Å². The molecule has 0 heterocycles. The van der Waals surface area contributed by atoms with E-state index in [1.54, 1.807) is 46.8 Å². The van der Waals surface area contributed by atoms with E-state index >= 15 is 2.87 Å². The van der Waals surface area contributed by atoms with Gasteiger partial charge in [-0.05, 0) is 14.1 Å². The fraction of sp³-hybridized carbons (Fsp3) is 0.100. The summed E-state index contributed by atoms with van der Waals surface area (Å²) in [6.07, 6.45) is 0. The van der Waals surface area contributed by atoms with Crippen molar-refractivity contribution in [3.8, 4) is 0 Å². The zero-order valence-electron chi connectivity index (χ0n) is 14.2. The molecule has 0 aliphatic heterocycles. The molecule has 0 aliphatic rings. The van der Waals surface area contributed by atoms with Crippen LogP contribution in [0.5, 0.6) is 0 Å². The predicted octanol–water partition coefficient (Wildman–Crippen LogP) is 3.15. The number of thiol groups is 1. The van der Waals surface area contributed by atoms with E-state index in [-0.39, 0.29) is 3.58 Å². The van der Waals surface area contributed by atoms with Gasteiger partial charge < -0.3 is 0 Å². The molecule has 0 atom stereocenters. The van der Waals surface area contributed by atoms with Crippen LogP contribution in [0.1, 0.15) is 0 Å². The standard InChI is InChI=1S/C6H4F.2C6H5.C2H7NS.FH.Sn/c7-6-4-2-1-3-5-6;2*1-2-4-6-5-3-1;1-3(2)4;;/h1-4H;2*1-5H;4H,1-2H3;1H;/q;;;;;+1/p-1. The van der Waals surface area contributed by atoms with Crippen LogP contribution in [0.2, 0.25) is 0 Å². The number of hydrogen-bond donors (Lipinski definition) is 1. The van der Waals surface area contributed by atoms with Gasteiger partial charge in [-0.3, -0.25) is 4.31 Å². The predicted molar refractivity (Wildman–Crippen MR) is 108 cm³/mol. The van der Waals surface area contributed by atoms with E-state index in [1.165, 1.54) is 6.07 Å². The Balaban J connectivity index is 0.000000511. The fourth-order valence-corrected chi connectivity index (χ4v) is 11.1. The summed E-state index contributed by atoms with van der Waals surface area (Å²) in [6.45, 7) is 0. The van der Waals surface area contributed by atoms with E-state index in [1.807, 2.05) is 50.5 Å². The molecule has 0 fully saturated rings. The Hall–Kier alpha value is -1.37. The van der Waals surface area contributed by atoms with Gasteiger partial charge >= 0.3 is 128 Å². The molecule has 1 nitrogen and oxygen atoms in total. The number of benzene rings is 3. The zero-order valence-corrected chi connectivity index (χ0v) is 18.0. The molecule has 0 amide bonds. The maximum absolute atomic E-state index is 16.2. The molecule has 0 aromatic heterocycles. The Morgan fingerprint density at radius 1 is 0.720 bits per heavy atom. The third-order valence-electron chi connectivity index (χ3n) is 3.59. The first-order chi connectivity index (χ1) is 12.0. The van der Waals surface area contributed by atoms with Crippen molar-refractivity contribution < 1.29 is 7.26 Å². The summed E-state index contributed by atoms with van der Waals surface area (Å²) >= 11 is -0.915. The Morgan fingerprint density at radius 3 is 1.48 bits per heavy atom. The van der Waals surface area contributed by atoms with Crippen LogP contribution in [0.15, 0.2) is 84.9 Å². The zero-order chi connectivity index (χ0) is 18.3. The molecule has 0 unspecified atom stereocenters. The number of nitrogens with zero attached hydrogens (tertiary/aromatic N) is 1. The monoisotopic (exact) mass is 465 g/mol. The van der Waals surface area contributed by atoms with Crippen LogP contribution >= 0.6 is 12.8 Å². The topological polar surface area (TPSA) is 3.24 Å². The Labute approximate surface area is 158 Å². The van der Waals surface area contributed by atoms with Gasteiger partial charge in [0, 0.05) is 0 Å². The molecule has 5 heteroatoms. The number of halogens is 2. The van der Waals surface area contributed by atoms with Crippen molar-refractivity contribution in [1.29, 1.82) is 0 Å². The van der Waals surface area contributed by atoms with Crippen molar-refractivity contribution in [1.82, 2.24) is 4.31 Å². The third-order valence-corrected chi connectivity index (χ3v) is 13.3. The van der Waals surface area contributed by atoms with Crippen molar-refractivity contribution >= 4 is 42.5 Å². The average Bonchev–Trinajstić information content (AvgIpc) is 2.62. The molecular weight excluding hydrogens is 443 g/mol. The van der Waals surface area contributed by atoms with Crippen LogP contribution in [0.3, 0.4) is 0 Å². The SMILES string of the molecule is CN(C)S.Fc1cccc[c]1[Sn]([F])([c]1ccccc1)[c]1ccccc1. The summed E-state index contributed by atoms with van der Waals surface area (Å²) in [5.41, 5.74) is 0. The van der Waals surface area contributed by atoms with Gasteiger partial charge in [-0.1, -0.05) is 12.8 Å². The van der Waals surface area contributed by atoms with Crippen molar-refractivity contribution in [3.05, 3.63) is 90.7 Å². The van der Waals surface area contributed by atoms with Crippen LogP contribution < -0.4 is 10.7 Å². The van der Waals surface area contributed by atoms with Crippen molar-refractivity contribution in [2.45, 2.75) is 0 Å². The van der Waals surface area contributed by atoms with E-state index in [2.05, 4.69) is 12.8 Å². The van der Waals surface area contributed by atoms with E-state index < -0.39 is 24.8 Å². The molecule has 0 aliphatic carbocycles. The molecule has 0 saturated heterocycles. The average molecular weight is 464 g/mol. The van der Waals surface area contributed by atoms with Crippen molar-refractivity contribution in [2.24, 2.45) is 0 Å². The minimum atomic E-state index is -4.71. The van der Waals surface area contributed by atoms with Gasteiger partial charge in [-0.25, -0.2) is 0 Å². The van der Waals surface area contributed by atoms with Gasteiger partial charge in [-0.2, -0.15) is 0 Å². The van der Waals surface area contributed by atoms with E-state index in [4.69, 9.17) is 0 Å². The van der Waals surface area contributed by atoms with Gasteiger partial charge in [0.15, 0.2) is 0 Å². The van der Waals surface area contributed by atoms with E-state index in [0.717, 1.165) is 0 Å². The Bertz CT molecular complexity index is 740. The molecular formula is C20H21F2NSSn. The van der Waals surface area contributed by atoms with Crippen LogP contribution in [0, 0.1) is 5.82 Å². The summed E-state index contributed by atoms with van der Waals surface area (Å²) < 4.78 is 33.7. The maximum atomic E-state index is 16.2. The molecule has 0 saturated carbocycles. The molecule has 0 bridgehead atoms. The Kier molecular flexibility index (Phi) is 7.47. The first-order valence-electron chi connectivity index (χ1n) is 7.87. The van der Waals surface area contributed by atoms with E-state index in [9.17, 15) is 4.39 Å². The van der Waals surface area contributed by atoms with Gasteiger partial charge in [0.2, 0.25) is 0 Å². The fourth-order valence-electron chi connectivity index (χ4n) is 2.55. The summed E-state index contributed by atoms with van der Waals surface area (Å²) in [4.78, 5) is 0.